The van der Waals surface area contributed by atoms with Gasteiger partial charge in [0.05, 0.1) is 24.1 Å². The Morgan fingerprint density at radius 3 is 2.57 bits per heavy atom. The van der Waals surface area contributed by atoms with E-state index in [1.807, 2.05) is 53.6 Å². The third-order valence-corrected chi connectivity index (χ3v) is 8.32. The molecule has 1 saturated carbocycles. The van der Waals surface area contributed by atoms with Gasteiger partial charge in [0, 0.05) is 43.5 Å². The van der Waals surface area contributed by atoms with E-state index in [4.69, 9.17) is 14.8 Å². The number of fused-ring (bicyclic) bond motifs is 1. The van der Waals surface area contributed by atoms with Crippen LogP contribution in [0.15, 0.2) is 35.4 Å². The van der Waals surface area contributed by atoms with Gasteiger partial charge in [-0.15, -0.1) is 0 Å². The average Bonchev–Trinajstić information content (AvgIpc) is 3.23. The number of rotatable bonds is 6. The first-order valence-electron chi connectivity index (χ1n) is 12.7. The zero-order chi connectivity index (χ0) is 24.4. The Bertz CT molecular complexity index is 1200. The number of methoxy groups -OCH3 is 1. The first kappa shape index (κ1) is 24.1. The van der Waals surface area contributed by atoms with E-state index in [-0.39, 0.29) is 5.91 Å². The molecule has 0 N–H and O–H groups in total. The molecule has 2 fully saturated rings. The summed E-state index contributed by atoms with van der Waals surface area (Å²) < 4.78 is 7.48. The topological polar surface area (TPSA) is 63.0 Å². The van der Waals surface area contributed by atoms with Gasteiger partial charge in [-0.05, 0) is 38.8 Å². The van der Waals surface area contributed by atoms with Crippen molar-refractivity contribution in [1.29, 1.82) is 0 Å². The molecule has 0 spiro atoms. The van der Waals surface area contributed by atoms with Crippen molar-refractivity contribution in [2.24, 2.45) is 0 Å². The predicted molar refractivity (Wildman–Crippen MR) is 140 cm³/mol. The number of carbonyl (C=O) groups excluding carboxylic acids is 1. The third-order valence-electron chi connectivity index (χ3n) is 7.34. The van der Waals surface area contributed by atoms with E-state index < -0.39 is 0 Å². The van der Waals surface area contributed by atoms with Crippen molar-refractivity contribution in [3.63, 3.8) is 0 Å². The quantitative estimate of drug-likeness (QED) is 0.370. The number of para-hydroxylation sites is 1. The fraction of sp³-hybridized carbons (Fsp3) is 0.519. The lowest BCUT2D eigenvalue weighted by Crippen LogP contribution is -2.52. The van der Waals surface area contributed by atoms with Gasteiger partial charge in [-0.3, -0.25) is 9.69 Å². The lowest BCUT2D eigenvalue weighted by atomic mass is 9.94. The van der Waals surface area contributed by atoms with Crippen molar-refractivity contribution in [2.45, 2.75) is 57.0 Å². The molecule has 7 nitrogen and oxygen atoms in total. The Morgan fingerprint density at radius 2 is 1.83 bits per heavy atom. The first-order valence-corrected chi connectivity index (χ1v) is 13.7. The summed E-state index contributed by atoms with van der Waals surface area (Å²) in [7, 11) is 1.68. The van der Waals surface area contributed by atoms with Crippen LogP contribution in [0.1, 0.15) is 43.5 Å². The van der Waals surface area contributed by atoms with Crippen molar-refractivity contribution in [1.82, 2.24) is 24.4 Å². The van der Waals surface area contributed by atoms with Gasteiger partial charge in [-0.25, -0.2) is 9.50 Å². The van der Waals surface area contributed by atoms with E-state index in [1.165, 1.54) is 32.1 Å². The Balaban J connectivity index is 1.30. The molecular weight excluding hydrogens is 458 g/mol. The fourth-order valence-corrected chi connectivity index (χ4v) is 6.45. The second-order valence-electron chi connectivity index (χ2n) is 9.63. The van der Waals surface area contributed by atoms with E-state index in [0.717, 1.165) is 71.2 Å². The maximum absolute atomic E-state index is 13.1. The van der Waals surface area contributed by atoms with Crippen LogP contribution in [0.25, 0.3) is 16.8 Å². The highest BCUT2D eigenvalue weighted by atomic mass is 32.2. The molecule has 3 aromatic rings. The van der Waals surface area contributed by atoms with Crippen LogP contribution in [-0.2, 0) is 4.79 Å². The van der Waals surface area contributed by atoms with Crippen molar-refractivity contribution in [2.75, 3.05) is 39.0 Å². The molecule has 35 heavy (non-hydrogen) atoms. The fourth-order valence-electron chi connectivity index (χ4n) is 5.49. The molecule has 1 amide bonds. The van der Waals surface area contributed by atoms with Crippen LogP contribution in [0.3, 0.4) is 0 Å². The van der Waals surface area contributed by atoms with Gasteiger partial charge in [0.1, 0.15) is 10.8 Å². The number of carbonyl (C=O) groups is 1. The Morgan fingerprint density at radius 1 is 1.09 bits per heavy atom. The summed E-state index contributed by atoms with van der Waals surface area (Å²) in [5.74, 6) is 1.41. The number of aromatic nitrogens is 3. The first-order chi connectivity index (χ1) is 17.0. The monoisotopic (exact) mass is 493 g/mol. The minimum Gasteiger partial charge on any atom is -0.496 e. The van der Waals surface area contributed by atoms with Crippen LogP contribution < -0.4 is 4.74 Å². The molecule has 0 radical (unpaired) electrons. The molecule has 1 saturated heterocycles. The largest absolute Gasteiger partial charge is 0.496 e. The highest BCUT2D eigenvalue weighted by Gasteiger charge is 2.27. The van der Waals surface area contributed by atoms with Crippen LogP contribution in [0.5, 0.6) is 5.75 Å². The van der Waals surface area contributed by atoms with E-state index in [2.05, 4.69) is 4.90 Å². The summed E-state index contributed by atoms with van der Waals surface area (Å²) in [5.41, 5.74) is 4.54. The molecule has 3 heterocycles. The molecule has 1 aliphatic heterocycles. The van der Waals surface area contributed by atoms with Crippen LogP contribution in [-0.4, -0.2) is 75.4 Å². The van der Waals surface area contributed by atoms with Gasteiger partial charge in [-0.2, -0.15) is 5.10 Å². The predicted octanol–water partition coefficient (Wildman–Crippen LogP) is 4.59. The average molecular weight is 494 g/mol. The van der Waals surface area contributed by atoms with Gasteiger partial charge < -0.3 is 9.64 Å². The van der Waals surface area contributed by atoms with Crippen LogP contribution in [0.4, 0.5) is 0 Å². The summed E-state index contributed by atoms with van der Waals surface area (Å²) in [6.07, 6.45) is 6.73. The van der Waals surface area contributed by atoms with Crippen molar-refractivity contribution >= 4 is 23.3 Å². The number of aryl methyl sites for hydroxylation is 2. The van der Waals surface area contributed by atoms with Crippen molar-refractivity contribution < 1.29 is 9.53 Å². The van der Waals surface area contributed by atoms with Gasteiger partial charge >= 0.3 is 0 Å². The number of hydrogen-bond acceptors (Lipinski definition) is 6. The molecular formula is C27H35N5O2S. The SMILES string of the molecule is COc1ccccc1-c1c(C)nn2c(SCC(=O)N3CCN(C4CCCCC4)CC3)cc(C)nc12. The second-order valence-corrected chi connectivity index (χ2v) is 10.6. The maximum Gasteiger partial charge on any atom is 0.233 e. The molecule has 5 rings (SSSR count). The van der Waals surface area contributed by atoms with Gasteiger partial charge in [0.25, 0.3) is 0 Å². The number of thioether (sulfide) groups is 1. The lowest BCUT2D eigenvalue weighted by molar-refractivity contribution is -0.130. The summed E-state index contributed by atoms with van der Waals surface area (Å²) in [4.78, 5) is 22.5. The van der Waals surface area contributed by atoms with E-state index in [1.54, 1.807) is 18.9 Å². The zero-order valence-electron chi connectivity index (χ0n) is 21.0. The summed E-state index contributed by atoms with van der Waals surface area (Å²) in [5, 5.41) is 5.74. The van der Waals surface area contributed by atoms with Crippen molar-refractivity contribution in [3.05, 3.63) is 41.7 Å². The van der Waals surface area contributed by atoms with Crippen LogP contribution in [0.2, 0.25) is 0 Å². The van der Waals surface area contributed by atoms with Gasteiger partial charge in [0.15, 0.2) is 5.65 Å². The summed E-state index contributed by atoms with van der Waals surface area (Å²) >= 11 is 1.55. The van der Waals surface area contributed by atoms with E-state index >= 15 is 0 Å². The molecule has 1 aromatic carbocycles. The normalized spacial score (nSPS) is 17.7. The third kappa shape index (κ3) is 5.05. The minimum absolute atomic E-state index is 0.203. The minimum atomic E-state index is 0.203. The zero-order valence-corrected chi connectivity index (χ0v) is 21.8. The molecule has 186 valence electrons. The van der Waals surface area contributed by atoms with Gasteiger partial charge in [0.2, 0.25) is 5.91 Å². The lowest BCUT2D eigenvalue weighted by Gasteiger charge is -2.40. The number of piperazine rings is 1. The number of benzene rings is 1. The molecule has 0 unspecified atom stereocenters. The molecule has 2 aliphatic rings. The van der Waals surface area contributed by atoms with Gasteiger partial charge in [-0.1, -0.05) is 49.2 Å². The molecule has 8 heteroatoms. The number of nitrogens with zero attached hydrogens (tertiary/aromatic N) is 5. The maximum atomic E-state index is 13.1. The summed E-state index contributed by atoms with van der Waals surface area (Å²) in [6, 6.07) is 10.7. The van der Waals surface area contributed by atoms with Crippen LogP contribution >= 0.6 is 11.8 Å². The van der Waals surface area contributed by atoms with E-state index in [0.29, 0.717) is 5.75 Å². The van der Waals surface area contributed by atoms with E-state index in [9.17, 15) is 4.79 Å². The standard InChI is InChI=1S/C27H35N5O2S/c1-19-17-25(32-27(28-19)26(20(2)29-32)22-11-7-8-12-23(22)34-3)35-18-24(33)31-15-13-30(14-16-31)21-9-5-4-6-10-21/h7-8,11-12,17,21H,4-6,9-10,13-16,18H2,1-3H3. The Labute approximate surface area is 211 Å². The highest BCUT2D eigenvalue weighted by Crippen LogP contribution is 2.36. The number of hydrogen-bond donors (Lipinski definition) is 0. The molecule has 1 aliphatic carbocycles. The number of amides is 1. The Hall–Kier alpha value is -2.58. The van der Waals surface area contributed by atoms with Crippen LogP contribution in [0, 0.1) is 13.8 Å². The highest BCUT2D eigenvalue weighted by molar-refractivity contribution is 7.99. The smallest absolute Gasteiger partial charge is 0.233 e. The Kier molecular flexibility index (Phi) is 7.29. The number of ether oxygens (including phenoxy) is 1. The summed E-state index contributed by atoms with van der Waals surface area (Å²) in [6.45, 7) is 7.65. The molecule has 0 atom stereocenters. The second kappa shape index (κ2) is 10.6. The van der Waals surface area contributed by atoms with Crippen molar-refractivity contribution in [3.8, 4) is 16.9 Å². The molecule has 0 bridgehead atoms. The molecule has 2 aromatic heterocycles.